The second kappa shape index (κ2) is 8.23. The summed E-state index contributed by atoms with van der Waals surface area (Å²) in [6, 6.07) is 12.1. The van der Waals surface area contributed by atoms with Gasteiger partial charge >= 0.3 is 0 Å². The lowest BCUT2D eigenvalue weighted by atomic mass is 9.98. The van der Waals surface area contributed by atoms with E-state index in [1.165, 1.54) is 18.5 Å². The van der Waals surface area contributed by atoms with E-state index in [0.29, 0.717) is 11.9 Å². The highest BCUT2D eigenvalue weighted by Crippen LogP contribution is 2.37. The number of benzene rings is 1. The molecule has 0 N–H and O–H groups in total. The van der Waals surface area contributed by atoms with Crippen molar-refractivity contribution in [3.05, 3.63) is 64.5 Å². The Morgan fingerprint density at radius 3 is 2.73 bits per heavy atom. The Balaban J connectivity index is 1.44. The van der Waals surface area contributed by atoms with Crippen LogP contribution in [0.3, 0.4) is 0 Å². The summed E-state index contributed by atoms with van der Waals surface area (Å²) in [4.78, 5) is 25.1. The van der Waals surface area contributed by atoms with Crippen molar-refractivity contribution in [3.63, 3.8) is 0 Å². The van der Waals surface area contributed by atoms with Gasteiger partial charge in [-0.3, -0.25) is 19.0 Å². The zero-order valence-corrected chi connectivity index (χ0v) is 19.0. The SMILES string of the molecule is Cc1cccc(-c2nn3c(c2-c2ccc4ncn(CCN5CCCC5)c(=O)c4c2)CCC3)n1. The third kappa shape index (κ3) is 3.66. The fourth-order valence-electron chi connectivity index (χ4n) is 5.22. The van der Waals surface area contributed by atoms with Crippen LogP contribution in [0.1, 0.15) is 30.7 Å². The number of nitrogens with zero attached hydrogens (tertiary/aromatic N) is 6. The fourth-order valence-corrected chi connectivity index (χ4v) is 5.22. The van der Waals surface area contributed by atoms with Crippen LogP contribution in [0.2, 0.25) is 0 Å². The highest BCUT2D eigenvalue weighted by atomic mass is 16.1. The smallest absolute Gasteiger partial charge is 0.261 e. The average Bonchev–Trinajstić information content (AvgIpc) is 3.56. The summed E-state index contributed by atoms with van der Waals surface area (Å²) in [6.45, 7) is 6.75. The molecule has 0 bridgehead atoms. The van der Waals surface area contributed by atoms with Crippen LogP contribution in [0.5, 0.6) is 0 Å². The lowest BCUT2D eigenvalue weighted by Gasteiger charge is -2.15. The Morgan fingerprint density at radius 1 is 1.00 bits per heavy atom. The molecule has 7 nitrogen and oxygen atoms in total. The number of aryl methyl sites for hydroxylation is 2. The number of likely N-dealkylation sites (tertiary alicyclic amines) is 1. The molecule has 1 fully saturated rings. The molecule has 0 saturated carbocycles. The van der Waals surface area contributed by atoms with Gasteiger partial charge < -0.3 is 4.90 Å². The van der Waals surface area contributed by atoms with Crippen LogP contribution in [0.4, 0.5) is 0 Å². The molecule has 168 valence electrons. The predicted octanol–water partition coefficient (Wildman–Crippen LogP) is 3.67. The lowest BCUT2D eigenvalue weighted by Crippen LogP contribution is -2.29. The van der Waals surface area contributed by atoms with E-state index in [4.69, 9.17) is 10.1 Å². The second-order valence-corrected chi connectivity index (χ2v) is 9.18. The van der Waals surface area contributed by atoms with Crippen molar-refractivity contribution < 1.29 is 0 Å². The van der Waals surface area contributed by atoms with E-state index in [9.17, 15) is 4.79 Å². The van der Waals surface area contributed by atoms with Gasteiger partial charge in [0, 0.05) is 36.6 Å². The quantitative estimate of drug-likeness (QED) is 0.474. The molecule has 3 aromatic heterocycles. The van der Waals surface area contributed by atoms with Gasteiger partial charge in [-0.1, -0.05) is 12.1 Å². The average molecular weight is 441 g/mol. The standard InChI is InChI=1S/C26H28N6O/c1-18-6-4-7-22(28-18)25-24(23-8-5-13-32(23)29-25)19-9-10-21-20(16-19)26(33)31(17-27-21)15-14-30-11-2-3-12-30/h4,6-7,9-10,16-17H,2-3,5,8,11-15H2,1H3. The molecule has 0 radical (unpaired) electrons. The molecule has 7 heteroatoms. The number of aromatic nitrogens is 5. The van der Waals surface area contributed by atoms with E-state index in [2.05, 4.69) is 20.6 Å². The zero-order valence-electron chi connectivity index (χ0n) is 19.0. The molecule has 1 aromatic carbocycles. The molecule has 0 spiro atoms. The molecule has 2 aliphatic rings. The molecule has 5 heterocycles. The predicted molar refractivity (Wildman–Crippen MR) is 129 cm³/mol. The van der Waals surface area contributed by atoms with Crippen molar-refractivity contribution in [1.29, 1.82) is 0 Å². The highest BCUT2D eigenvalue weighted by Gasteiger charge is 2.25. The first-order valence-electron chi connectivity index (χ1n) is 11.9. The summed E-state index contributed by atoms with van der Waals surface area (Å²) in [5.41, 5.74) is 6.84. The van der Waals surface area contributed by atoms with E-state index in [1.54, 1.807) is 10.9 Å². The number of rotatable bonds is 5. The second-order valence-electron chi connectivity index (χ2n) is 9.18. The zero-order chi connectivity index (χ0) is 22.4. The van der Waals surface area contributed by atoms with Gasteiger partial charge in [-0.2, -0.15) is 5.10 Å². The van der Waals surface area contributed by atoms with Gasteiger partial charge in [0.25, 0.3) is 5.56 Å². The maximum absolute atomic E-state index is 13.4. The summed E-state index contributed by atoms with van der Waals surface area (Å²) >= 11 is 0. The summed E-state index contributed by atoms with van der Waals surface area (Å²) in [5.74, 6) is 0. The first-order valence-corrected chi connectivity index (χ1v) is 11.9. The fraction of sp³-hybridized carbons (Fsp3) is 0.385. The normalized spacial score (nSPS) is 16.0. The third-order valence-corrected chi connectivity index (χ3v) is 6.94. The van der Waals surface area contributed by atoms with Crippen LogP contribution < -0.4 is 5.56 Å². The van der Waals surface area contributed by atoms with Crippen LogP contribution >= 0.6 is 0 Å². The Labute approximate surface area is 192 Å². The van der Waals surface area contributed by atoms with E-state index < -0.39 is 0 Å². The third-order valence-electron chi connectivity index (χ3n) is 6.94. The molecule has 6 rings (SSSR count). The minimum atomic E-state index is 0.0279. The minimum absolute atomic E-state index is 0.0279. The van der Waals surface area contributed by atoms with Crippen LogP contribution in [0, 0.1) is 6.92 Å². The largest absolute Gasteiger partial charge is 0.302 e. The Hall–Kier alpha value is -3.32. The van der Waals surface area contributed by atoms with Crippen molar-refractivity contribution in [2.24, 2.45) is 0 Å². The molecule has 1 saturated heterocycles. The molecule has 2 aliphatic heterocycles. The van der Waals surface area contributed by atoms with E-state index >= 15 is 0 Å². The van der Waals surface area contributed by atoms with Crippen molar-refractivity contribution in [1.82, 2.24) is 29.2 Å². The Kier molecular flexibility index (Phi) is 5.06. The van der Waals surface area contributed by atoms with Crippen LogP contribution in [-0.2, 0) is 19.5 Å². The van der Waals surface area contributed by atoms with Gasteiger partial charge in [-0.05, 0) is 75.5 Å². The van der Waals surface area contributed by atoms with Gasteiger partial charge in [0.1, 0.15) is 5.69 Å². The minimum Gasteiger partial charge on any atom is -0.302 e. The van der Waals surface area contributed by atoms with Gasteiger partial charge in [0.15, 0.2) is 0 Å². The first-order chi connectivity index (χ1) is 16.2. The van der Waals surface area contributed by atoms with E-state index in [-0.39, 0.29) is 5.56 Å². The number of hydrogen-bond acceptors (Lipinski definition) is 5. The highest BCUT2D eigenvalue weighted by molar-refractivity contribution is 5.88. The van der Waals surface area contributed by atoms with Crippen molar-refractivity contribution in [2.45, 2.75) is 45.7 Å². The van der Waals surface area contributed by atoms with Gasteiger partial charge in [0.05, 0.1) is 22.9 Å². The first kappa shape index (κ1) is 20.3. The molecule has 33 heavy (non-hydrogen) atoms. The number of hydrogen-bond donors (Lipinski definition) is 0. The van der Waals surface area contributed by atoms with Gasteiger partial charge in [0.2, 0.25) is 0 Å². The molecule has 4 aromatic rings. The summed E-state index contributed by atoms with van der Waals surface area (Å²) in [5, 5.41) is 5.59. The molecular formula is C26H28N6O. The van der Waals surface area contributed by atoms with Crippen LogP contribution in [0.25, 0.3) is 33.4 Å². The molecule has 0 amide bonds. The van der Waals surface area contributed by atoms with E-state index in [1.807, 2.05) is 37.3 Å². The van der Waals surface area contributed by atoms with Gasteiger partial charge in [-0.25, -0.2) is 4.98 Å². The van der Waals surface area contributed by atoms with Crippen molar-refractivity contribution in [3.8, 4) is 22.5 Å². The Bertz CT molecular complexity index is 1400. The van der Waals surface area contributed by atoms with Crippen molar-refractivity contribution >= 4 is 10.9 Å². The molecule has 0 aliphatic carbocycles. The number of fused-ring (bicyclic) bond motifs is 2. The number of pyridine rings is 1. The van der Waals surface area contributed by atoms with Crippen molar-refractivity contribution in [2.75, 3.05) is 19.6 Å². The monoisotopic (exact) mass is 440 g/mol. The summed E-state index contributed by atoms with van der Waals surface area (Å²) in [6.07, 6.45) is 6.28. The molecule has 0 atom stereocenters. The van der Waals surface area contributed by atoms with E-state index in [0.717, 1.165) is 72.7 Å². The van der Waals surface area contributed by atoms with Crippen LogP contribution in [0.15, 0.2) is 47.5 Å². The lowest BCUT2D eigenvalue weighted by molar-refractivity contribution is 0.320. The summed E-state index contributed by atoms with van der Waals surface area (Å²) in [7, 11) is 0. The topological polar surface area (TPSA) is 68.8 Å². The maximum atomic E-state index is 13.4. The molecule has 0 unspecified atom stereocenters. The molecular weight excluding hydrogens is 412 g/mol. The van der Waals surface area contributed by atoms with Crippen LogP contribution in [-0.4, -0.2) is 48.8 Å². The maximum Gasteiger partial charge on any atom is 0.261 e. The van der Waals surface area contributed by atoms with Gasteiger partial charge in [-0.15, -0.1) is 0 Å². The Morgan fingerprint density at radius 2 is 1.88 bits per heavy atom. The summed E-state index contributed by atoms with van der Waals surface area (Å²) < 4.78 is 3.87.